The van der Waals surface area contributed by atoms with Gasteiger partial charge in [-0.3, -0.25) is 4.79 Å². The molecule has 4 unspecified atom stereocenters. The van der Waals surface area contributed by atoms with Crippen molar-refractivity contribution in [2.75, 3.05) is 13.1 Å². The molecule has 3 aliphatic rings. The Morgan fingerprint density at radius 2 is 1.88 bits per heavy atom. The molecule has 0 bridgehead atoms. The van der Waals surface area contributed by atoms with Crippen LogP contribution in [-0.4, -0.2) is 42.9 Å². The van der Waals surface area contributed by atoms with Gasteiger partial charge in [-0.1, -0.05) is 41.9 Å². The first-order chi connectivity index (χ1) is 15.7. The number of carbonyl (C=O) groups is 1. The molecule has 8 nitrogen and oxygen atoms in total. The third kappa shape index (κ3) is 5.09. The molecule has 1 saturated carbocycles. The summed E-state index contributed by atoms with van der Waals surface area (Å²) in [6, 6.07) is 9.59. The molecule has 34 heavy (non-hydrogen) atoms. The Morgan fingerprint density at radius 3 is 2.53 bits per heavy atom. The van der Waals surface area contributed by atoms with Crippen molar-refractivity contribution in [1.82, 2.24) is 5.32 Å². The molecule has 186 valence electrons. The van der Waals surface area contributed by atoms with E-state index in [1.54, 1.807) is 0 Å². The first kappa shape index (κ1) is 26.8. The molecule has 2 heterocycles. The van der Waals surface area contributed by atoms with Gasteiger partial charge in [0, 0.05) is 4.91 Å². The number of carbonyl (C=O) groups excluding carboxylic acids is 1. The first-order valence-corrected chi connectivity index (χ1v) is 12.0. The fourth-order valence-electron chi connectivity index (χ4n) is 5.71. The Kier molecular flexibility index (Phi) is 8.26. The Labute approximate surface area is 208 Å². The maximum Gasteiger partial charge on any atom is 0.457 e. The second-order valence-electron chi connectivity index (χ2n) is 10.7. The largest absolute Gasteiger partial charge is 0.460 e. The zero-order chi connectivity index (χ0) is 23.7. The first-order valence-electron chi connectivity index (χ1n) is 12.0. The number of halogens is 1. The Bertz CT molecular complexity index is 895. The molecule has 4 rings (SSSR count). The average molecular weight is 491 g/mol. The van der Waals surface area contributed by atoms with E-state index in [0.29, 0.717) is 12.3 Å². The number of benzene rings is 1. The fourth-order valence-corrected chi connectivity index (χ4v) is 5.71. The number of nitrogens with one attached hydrogen (secondary N) is 1. The number of hydrogen-bond acceptors (Lipinski definition) is 6. The van der Waals surface area contributed by atoms with Crippen LogP contribution in [0.2, 0.25) is 6.32 Å². The third-order valence-electron chi connectivity index (χ3n) is 8.14. The number of hydrogen-bond donors (Lipinski definition) is 1. The van der Waals surface area contributed by atoms with Crippen molar-refractivity contribution in [3.05, 3.63) is 46.3 Å². The predicted molar refractivity (Wildman–Crippen MR) is 133 cm³/mol. The highest BCUT2D eigenvalue weighted by Gasteiger charge is 2.59. The van der Waals surface area contributed by atoms with Crippen LogP contribution in [0.4, 0.5) is 0 Å². The van der Waals surface area contributed by atoms with Crippen molar-refractivity contribution in [3.8, 4) is 0 Å². The van der Waals surface area contributed by atoms with E-state index >= 15 is 0 Å². The molecule has 3 fully saturated rings. The minimum absolute atomic E-state index is 0. The average Bonchev–Trinajstić information content (AvgIpc) is 3.38. The molecule has 0 aromatic heterocycles. The summed E-state index contributed by atoms with van der Waals surface area (Å²) in [5.74, 6) is 0.123. The van der Waals surface area contributed by atoms with Crippen LogP contribution in [0.25, 0.3) is 10.4 Å². The van der Waals surface area contributed by atoms with E-state index < -0.39 is 11.5 Å². The van der Waals surface area contributed by atoms with Gasteiger partial charge in [-0.2, -0.15) is 0 Å². The van der Waals surface area contributed by atoms with Gasteiger partial charge in [-0.25, -0.2) is 0 Å². The van der Waals surface area contributed by atoms with Crippen LogP contribution in [0.15, 0.2) is 35.4 Å². The third-order valence-corrected chi connectivity index (χ3v) is 8.14. The van der Waals surface area contributed by atoms with Gasteiger partial charge in [0.15, 0.2) is 0 Å². The zero-order valence-electron chi connectivity index (χ0n) is 20.5. The summed E-state index contributed by atoms with van der Waals surface area (Å²) in [6.45, 7) is 10.1. The number of esters is 1. The van der Waals surface area contributed by atoms with Gasteiger partial charge in [0.25, 0.3) is 0 Å². The smallest absolute Gasteiger partial charge is 0.457 e. The molecular weight excluding hydrogens is 455 g/mol. The Balaban J connectivity index is 0.00000324. The molecule has 1 aromatic rings. The molecular formula is C24H36BClN4O4. The maximum absolute atomic E-state index is 13.4. The maximum atomic E-state index is 13.4. The predicted octanol–water partition coefficient (Wildman–Crippen LogP) is 4.93. The topological polar surface area (TPSA) is 106 Å². The van der Waals surface area contributed by atoms with E-state index in [2.05, 4.69) is 15.3 Å². The quantitative estimate of drug-likeness (QED) is 0.183. The molecule has 0 amide bonds. The summed E-state index contributed by atoms with van der Waals surface area (Å²) in [7, 11) is -0.271. The van der Waals surface area contributed by atoms with Crippen molar-refractivity contribution in [3.63, 3.8) is 0 Å². The zero-order valence-corrected chi connectivity index (χ0v) is 21.3. The number of ether oxygens (including phenoxy) is 1. The normalized spacial score (nSPS) is 30.8. The van der Waals surface area contributed by atoms with Crippen LogP contribution in [0, 0.1) is 17.8 Å². The minimum Gasteiger partial charge on any atom is -0.460 e. The summed E-state index contributed by atoms with van der Waals surface area (Å²) in [5.41, 5.74) is 8.46. The van der Waals surface area contributed by atoms with Gasteiger partial charge in [0.1, 0.15) is 12.1 Å². The molecule has 2 saturated heterocycles. The van der Waals surface area contributed by atoms with Crippen LogP contribution in [0.3, 0.4) is 0 Å². The van der Waals surface area contributed by atoms with Crippen molar-refractivity contribution >= 4 is 25.5 Å². The standard InChI is InChI=1S/C24H35BN4O4.ClH/c1-22(2)23(3,4)33-25(32-22)12-8-11-20-19-15-27-14-18(19)13-24(20,28-29-26)21(30)31-16-17-9-6-5-7-10-17;/h5-7,9-10,18-20,27H,8,11-16H2,1-4H3;1H. The molecule has 0 spiro atoms. The van der Waals surface area contributed by atoms with Gasteiger partial charge < -0.3 is 19.4 Å². The lowest BCUT2D eigenvalue weighted by Gasteiger charge is -2.32. The second kappa shape index (κ2) is 10.5. The Morgan fingerprint density at radius 1 is 1.21 bits per heavy atom. The lowest BCUT2D eigenvalue weighted by Crippen LogP contribution is -2.44. The molecule has 1 aromatic carbocycles. The van der Waals surface area contributed by atoms with Crippen LogP contribution < -0.4 is 5.32 Å². The lowest BCUT2D eigenvalue weighted by molar-refractivity contribution is -0.153. The second-order valence-corrected chi connectivity index (χ2v) is 10.7. The van der Waals surface area contributed by atoms with Crippen LogP contribution in [0.5, 0.6) is 0 Å². The highest BCUT2D eigenvalue weighted by molar-refractivity contribution is 6.45. The Hall–Kier alpha value is -1.77. The van der Waals surface area contributed by atoms with Crippen LogP contribution >= 0.6 is 12.4 Å². The van der Waals surface area contributed by atoms with E-state index in [1.807, 2.05) is 58.0 Å². The SMILES string of the molecule is CC1(C)OB(CCCC2C3CNCC3CC2(N=[N+]=[N-])C(=O)OCc2ccccc2)OC1(C)C.Cl. The van der Waals surface area contributed by atoms with Crippen LogP contribution in [-0.2, 0) is 25.4 Å². The van der Waals surface area contributed by atoms with E-state index in [-0.39, 0.29) is 49.2 Å². The fraction of sp³-hybridized carbons (Fsp3) is 0.708. The van der Waals surface area contributed by atoms with E-state index in [0.717, 1.165) is 37.8 Å². The lowest BCUT2D eigenvalue weighted by atomic mass is 9.75. The van der Waals surface area contributed by atoms with Crippen LogP contribution in [0.1, 0.15) is 52.5 Å². The summed E-state index contributed by atoms with van der Waals surface area (Å²) in [5, 5.41) is 7.59. The monoisotopic (exact) mass is 490 g/mol. The molecule has 0 radical (unpaired) electrons. The number of nitrogens with zero attached hydrogens (tertiary/aromatic N) is 3. The molecule has 2 aliphatic heterocycles. The van der Waals surface area contributed by atoms with E-state index in [4.69, 9.17) is 14.0 Å². The van der Waals surface area contributed by atoms with Gasteiger partial charge in [-0.05, 0) is 88.8 Å². The van der Waals surface area contributed by atoms with Crippen molar-refractivity contribution in [1.29, 1.82) is 0 Å². The minimum atomic E-state index is -1.16. The van der Waals surface area contributed by atoms with Gasteiger partial charge >= 0.3 is 13.1 Å². The van der Waals surface area contributed by atoms with Gasteiger partial charge in [0.2, 0.25) is 0 Å². The summed E-state index contributed by atoms with van der Waals surface area (Å²) < 4.78 is 18.0. The number of fused-ring (bicyclic) bond motifs is 1. The number of azide groups is 1. The van der Waals surface area contributed by atoms with Gasteiger partial charge in [-0.15, -0.1) is 12.4 Å². The molecule has 4 atom stereocenters. The van der Waals surface area contributed by atoms with Crippen molar-refractivity contribution in [2.24, 2.45) is 22.9 Å². The summed E-state index contributed by atoms with van der Waals surface area (Å²) >= 11 is 0. The highest BCUT2D eigenvalue weighted by atomic mass is 35.5. The summed E-state index contributed by atoms with van der Waals surface area (Å²) in [4.78, 5) is 16.5. The molecule has 10 heteroatoms. The van der Waals surface area contributed by atoms with Crippen molar-refractivity contribution < 1.29 is 18.8 Å². The van der Waals surface area contributed by atoms with E-state index in [1.165, 1.54) is 0 Å². The molecule has 1 aliphatic carbocycles. The highest BCUT2D eigenvalue weighted by Crippen LogP contribution is 2.51. The number of rotatable bonds is 8. The summed E-state index contributed by atoms with van der Waals surface area (Å²) in [6.07, 6.45) is 2.84. The van der Waals surface area contributed by atoms with Crippen molar-refractivity contribution in [2.45, 2.75) is 76.6 Å². The van der Waals surface area contributed by atoms with Gasteiger partial charge in [0.05, 0.1) is 11.2 Å². The van der Waals surface area contributed by atoms with E-state index in [9.17, 15) is 10.3 Å². The molecule has 1 N–H and O–H groups in total.